The lowest BCUT2D eigenvalue weighted by Gasteiger charge is -2.20. The Morgan fingerprint density at radius 1 is 1.18 bits per heavy atom. The van der Waals surface area contributed by atoms with Gasteiger partial charge in [-0.1, -0.05) is 0 Å². The first kappa shape index (κ1) is 28.5. The third-order valence-electron chi connectivity index (χ3n) is 5.83. The summed E-state index contributed by atoms with van der Waals surface area (Å²) in [5.41, 5.74) is 2.84. The number of nitriles is 1. The van der Waals surface area contributed by atoms with Crippen molar-refractivity contribution < 1.29 is 28.7 Å². The number of carbonyl (C=O) groups is 1. The SMILES string of the molecule is COCc1c(Br)c(C)nc(OC[C@@H]2OC(c3ccc(OCc4ccc([N+](=O)[O-])cc4)cc3)=NN2C(C)=O)c1C#N. The zero-order valence-corrected chi connectivity index (χ0v) is 23.4. The predicted octanol–water partition coefficient (Wildman–Crippen LogP) is 4.60. The Bertz CT molecular complexity index is 1490. The van der Waals surface area contributed by atoms with Crippen LogP contribution in [0, 0.1) is 28.4 Å². The molecule has 40 heavy (non-hydrogen) atoms. The van der Waals surface area contributed by atoms with Gasteiger partial charge in [-0.05, 0) is 64.8 Å². The second-order valence-electron chi connectivity index (χ2n) is 8.60. The number of nitro benzene ring substituents is 1. The van der Waals surface area contributed by atoms with Gasteiger partial charge in [0.15, 0.2) is 0 Å². The summed E-state index contributed by atoms with van der Waals surface area (Å²) >= 11 is 3.44. The van der Waals surface area contributed by atoms with Gasteiger partial charge in [0, 0.05) is 41.8 Å². The number of hydrogen-bond acceptors (Lipinski definition) is 10. The van der Waals surface area contributed by atoms with Crippen LogP contribution in [-0.2, 0) is 27.5 Å². The van der Waals surface area contributed by atoms with Crippen molar-refractivity contribution in [1.29, 1.82) is 5.26 Å². The molecule has 0 aliphatic carbocycles. The second kappa shape index (κ2) is 12.5. The van der Waals surface area contributed by atoms with E-state index in [4.69, 9.17) is 18.9 Å². The zero-order valence-electron chi connectivity index (χ0n) is 21.8. The molecule has 0 unspecified atom stereocenters. The number of amides is 1. The zero-order chi connectivity index (χ0) is 28.8. The first-order chi connectivity index (χ1) is 19.2. The molecule has 0 radical (unpaired) electrons. The van der Waals surface area contributed by atoms with Crippen LogP contribution in [0.5, 0.6) is 11.6 Å². The van der Waals surface area contributed by atoms with Crippen LogP contribution in [0.3, 0.4) is 0 Å². The third-order valence-corrected chi connectivity index (χ3v) is 6.88. The highest BCUT2D eigenvalue weighted by Crippen LogP contribution is 2.30. The van der Waals surface area contributed by atoms with E-state index in [1.807, 2.05) is 0 Å². The number of nitrogens with zero attached hydrogens (tertiary/aromatic N) is 5. The summed E-state index contributed by atoms with van der Waals surface area (Å²) in [6.07, 6.45) is -0.881. The lowest BCUT2D eigenvalue weighted by atomic mass is 10.1. The van der Waals surface area contributed by atoms with Gasteiger partial charge in [-0.15, -0.1) is 5.10 Å². The van der Waals surface area contributed by atoms with Gasteiger partial charge in [0.1, 0.15) is 30.6 Å². The molecule has 1 aliphatic rings. The standard InChI is InChI=1S/C27H24BrN5O7/c1-16-25(28)23(14-37-3)22(12-29)27(30-16)39-15-24-32(17(2)34)31-26(40-24)19-6-10-21(11-7-19)38-13-18-4-8-20(9-5-18)33(35)36/h4-11,24H,13-15H2,1-3H3/t24-/m0/s1. The normalized spacial score (nSPS) is 14.2. The summed E-state index contributed by atoms with van der Waals surface area (Å²) in [6.45, 7) is 3.41. The van der Waals surface area contributed by atoms with Crippen molar-refractivity contribution in [2.75, 3.05) is 13.7 Å². The van der Waals surface area contributed by atoms with E-state index in [0.717, 1.165) is 5.56 Å². The summed E-state index contributed by atoms with van der Waals surface area (Å²) in [4.78, 5) is 27.0. The molecule has 3 aromatic rings. The average Bonchev–Trinajstić information content (AvgIpc) is 3.38. The van der Waals surface area contributed by atoms with Gasteiger partial charge in [-0.2, -0.15) is 10.3 Å². The monoisotopic (exact) mass is 609 g/mol. The van der Waals surface area contributed by atoms with Gasteiger partial charge in [0.05, 0.1) is 17.2 Å². The number of hydrazone groups is 1. The van der Waals surface area contributed by atoms with Crippen molar-refractivity contribution in [2.45, 2.75) is 33.3 Å². The Morgan fingerprint density at radius 2 is 1.88 bits per heavy atom. The molecule has 0 saturated carbocycles. The number of benzene rings is 2. The number of non-ortho nitro benzene ring substituents is 1. The maximum absolute atomic E-state index is 12.3. The molecule has 1 atom stereocenters. The van der Waals surface area contributed by atoms with Crippen LogP contribution in [0.25, 0.3) is 0 Å². The average molecular weight is 610 g/mol. The number of aryl methyl sites for hydroxylation is 1. The summed E-state index contributed by atoms with van der Waals surface area (Å²) in [5.74, 6) is 0.528. The fourth-order valence-electron chi connectivity index (χ4n) is 3.81. The number of halogens is 1. The molecule has 0 N–H and O–H groups in total. The van der Waals surface area contributed by atoms with E-state index in [0.29, 0.717) is 27.0 Å². The topological polar surface area (TPSA) is 149 Å². The Labute approximate surface area is 238 Å². The van der Waals surface area contributed by atoms with Crippen molar-refractivity contribution in [3.8, 4) is 17.7 Å². The Balaban J connectivity index is 1.42. The van der Waals surface area contributed by atoms with E-state index in [9.17, 15) is 20.2 Å². The molecule has 0 bridgehead atoms. The van der Waals surface area contributed by atoms with E-state index in [1.54, 1.807) is 43.3 Å². The quantitative estimate of drug-likeness (QED) is 0.237. The highest BCUT2D eigenvalue weighted by molar-refractivity contribution is 9.10. The maximum atomic E-state index is 12.3. The van der Waals surface area contributed by atoms with Gasteiger partial charge in [-0.3, -0.25) is 14.9 Å². The highest BCUT2D eigenvalue weighted by Gasteiger charge is 2.33. The molecule has 206 valence electrons. The minimum atomic E-state index is -0.881. The van der Waals surface area contributed by atoms with Gasteiger partial charge in [0.25, 0.3) is 5.69 Å². The van der Waals surface area contributed by atoms with E-state index >= 15 is 0 Å². The molecule has 12 nitrogen and oxygen atoms in total. The van der Waals surface area contributed by atoms with Crippen molar-refractivity contribution in [1.82, 2.24) is 9.99 Å². The van der Waals surface area contributed by atoms with E-state index in [1.165, 1.54) is 31.2 Å². The number of rotatable bonds is 10. The van der Waals surface area contributed by atoms with Crippen LogP contribution >= 0.6 is 15.9 Å². The Hall–Kier alpha value is -4.54. The van der Waals surface area contributed by atoms with Gasteiger partial charge in [-0.25, -0.2) is 4.98 Å². The van der Waals surface area contributed by atoms with Crippen LogP contribution in [0.15, 0.2) is 58.1 Å². The molecule has 0 fully saturated rings. The number of methoxy groups -OCH3 is 1. The number of aromatic nitrogens is 1. The molecule has 4 rings (SSSR count). The number of nitro groups is 1. The molecule has 1 aliphatic heterocycles. The smallest absolute Gasteiger partial charge is 0.269 e. The molecular formula is C27H24BrN5O7. The summed E-state index contributed by atoms with van der Waals surface area (Å²) in [6, 6.07) is 15.1. The third kappa shape index (κ3) is 6.36. The van der Waals surface area contributed by atoms with Crippen molar-refractivity contribution >= 4 is 33.4 Å². The maximum Gasteiger partial charge on any atom is 0.269 e. The summed E-state index contributed by atoms with van der Waals surface area (Å²) in [5, 5.41) is 26.0. The fourth-order valence-corrected chi connectivity index (χ4v) is 4.21. The number of pyridine rings is 1. The van der Waals surface area contributed by atoms with E-state index < -0.39 is 11.2 Å². The molecule has 1 aromatic heterocycles. The number of hydrogen-bond donors (Lipinski definition) is 0. The molecule has 2 heterocycles. The largest absolute Gasteiger partial charge is 0.489 e. The number of carbonyl (C=O) groups excluding carboxylic acids is 1. The molecule has 0 saturated heterocycles. The van der Waals surface area contributed by atoms with Crippen LogP contribution < -0.4 is 9.47 Å². The summed E-state index contributed by atoms with van der Waals surface area (Å²) < 4.78 is 23.4. The molecule has 0 spiro atoms. The van der Waals surface area contributed by atoms with Gasteiger partial charge >= 0.3 is 0 Å². The molecule has 1 amide bonds. The molecule has 13 heteroatoms. The minimum Gasteiger partial charge on any atom is -0.489 e. The van der Waals surface area contributed by atoms with Crippen LogP contribution in [0.4, 0.5) is 5.69 Å². The molecular weight excluding hydrogens is 586 g/mol. The first-order valence-electron chi connectivity index (χ1n) is 11.9. The lowest BCUT2D eigenvalue weighted by molar-refractivity contribution is -0.384. The van der Waals surface area contributed by atoms with E-state index in [-0.39, 0.29) is 48.8 Å². The lowest BCUT2D eigenvalue weighted by Crippen LogP contribution is -2.37. The predicted molar refractivity (Wildman–Crippen MR) is 145 cm³/mol. The van der Waals surface area contributed by atoms with Crippen molar-refractivity contribution in [3.05, 3.63) is 91.1 Å². The minimum absolute atomic E-state index is 0.0123. The van der Waals surface area contributed by atoms with Crippen LogP contribution in [-0.4, -0.2) is 46.7 Å². The Kier molecular flexibility index (Phi) is 8.93. The van der Waals surface area contributed by atoms with Gasteiger partial charge in [0.2, 0.25) is 23.9 Å². The first-order valence-corrected chi connectivity index (χ1v) is 12.7. The van der Waals surface area contributed by atoms with Gasteiger partial charge < -0.3 is 18.9 Å². The number of ether oxygens (including phenoxy) is 4. The fraction of sp³-hybridized carbons (Fsp3) is 0.259. The van der Waals surface area contributed by atoms with Crippen molar-refractivity contribution in [2.24, 2.45) is 5.10 Å². The van der Waals surface area contributed by atoms with Crippen LogP contribution in [0.1, 0.15) is 34.9 Å². The molecule has 2 aromatic carbocycles. The van der Waals surface area contributed by atoms with Crippen molar-refractivity contribution in [3.63, 3.8) is 0 Å². The second-order valence-corrected chi connectivity index (χ2v) is 9.40. The Morgan fingerprint density at radius 3 is 2.48 bits per heavy atom. The van der Waals surface area contributed by atoms with Crippen LogP contribution in [0.2, 0.25) is 0 Å². The summed E-state index contributed by atoms with van der Waals surface area (Å²) in [7, 11) is 1.53. The highest BCUT2D eigenvalue weighted by atomic mass is 79.9. The van der Waals surface area contributed by atoms with E-state index in [2.05, 4.69) is 32.1 Å².